The Morgan fingerprint density at radius 2 is 1.04 bits per heavy atom. The van der Waals surface area contributed by atoms with Gasteiger partial charge in [-0.3, -0.25) is 9.59 Å². The Morgan fingerprint density at radius 3 is 1.44 bits per heavy atom. The minimum Gasteiger partial charge on any atom is -0.463 e. The van der Waals surface area contributed by atoms with Crippen molar-refractivity contribution in [2.75, 3.05) is 36.1 Å². The fraction of sp³-hybridized carbons (Fsp3) is 0.636. The first-order valence-corrected chi connectivity index (χ1v) is 20.6. The summed E-state index contributed by atoms with van der Waals surface area (Å²) in [5.41, 5.74) is -2.00. The van der Waals surface area contributed by atoms with E-state index in [9.17, 15) is 19.2 Å². The number of hydrogen-bond acceptors (Lipinski definition) is 10. The van der Waals surface area contributed by atoms with E-state index >= 15 is 0 Å². The maximum absolute atomic E-state index is 14.7. The van der Waals surface area contributed by atoms with Gasteiger partial charge in [-0.2, -0.15) is 0 Å². The van der Waals surface area contributed by atoms with Crippen LogP contribution in [-0.4, -0.2) is 84.3 Å². The molecule has 2 aromatic carbocycles. The second-order valence-electron chi connectivity index (χ2n) is 17.7. The fourth-order valence-corrected chi connectivity index (χ4v) is 13.7. The summed E-state index contributed by atoms with van der Waals surface area (Å²) in [6.07, 6.45) is 8.15. The predicted molar refractivity (Wildman–Crippen MR) is 199 cm³/mol. The topological polar surface area (TPSA) is 112 Å². The number of anilines is 2. The van der Waals surface area contributed by atoms with Crippen LogP contribution in [0.15, 0.2) is 48.5 Å². The van der Waals surface area contributed by atoms with Gasteiger partial charge in [-0.25, -0.2) is 9.59 Å². The average Bonchev–Trinajstić information content (AvgIpc) is 3.95. The Morgan fingerprint density at radius 1 is 0.648 bits per heavy atom. The Labute approximate surface area is 317 Å². The van der Waals surface area contributed by atoms with Gasteiger partial charge in [0.2, 0.25) is 11.2 Å². The van der Waals surface area contributed by atoms with Gasteiger partial charge in [0, 0.05) is 36.3 Å². The fourth-order valence-electron chi connectivity index (χ4n) is 13.7. The molecular formula is C44H52N2O8. The largest absolute Gasteiger partial charge is 0.463 e. The average molecular weight is 737 g/mol. The maximum atomic E-state index is 14.7. The Bertz CT molecular complexity index is 1840. The van der Waals surface area contributed by atoms with Crippen molar-refractivity contribution in [2.45, 2.75) is 138 Å². The number of Topliss-reactive ketones (excluding diaryl/α,β-unsaturated/α-hetero) is 2. The van der Waals surface area contributed by atoms with Crippen LogP contribution in [0.25, 0.3) is 0 Å². The normalized spacial score (nSPS) is 41.6. The molecule has 8 aliphatic rings. The zero-order chi connectivity index (χ0) is 37.5. The molecule has 2 aliphatic carbocycles. The number of unbranched alkanes of at least 4 members (excludes halogenated alkanes) is 1. The Kier molecular flexibility index (Phi) is 7.33. The Hall–Kier alpha value is -3.76. The first kappa shape index (κ1) is 34.7. The van der Waals surface area contributed by atoms with Gasteiger partial charge in [-0.1, -0.05) is 62.1 Å². The van der Waals surface area contributed by atoms with Crippen molar-refractivity contribution in [3.8, 4) is 0 Å². The molecule has 2 aromatic rings. The standard InChI is InChI=1S/C44H52N2O8/c1-5-51-37(49)43-33-31(41(53-43)23-13-11-21-39(41,3)35(43)47)27-17-7-9-19-29(27)45(33)25-15-16-26-46-30-20-10-8-18-28(30)32-34(46)44(38(50)52-6-2)36(48)40(4)22-12-14-24-42(32,40)54-44/h7-10,17-20,31-34H,5-6,11-16,21-26H2,1-4H3/t31-,32-,33+,34+,39+,40+,41-,42-,43-,44+/m1/s1. The number of ether oxygens (including phenoxy) is 4. The molecule has 4 saturated heterocycles. The van der Waals surface area contributed by atoms with Crippen LogP contribution in [0.2, 0.25) is 0 Å². The first-order valence-electron chi connectivity index (χ1n) is 20.6. The van der Waals surface area contributed by atoms with Crippen LogP contribution in [0.3, 0.4) is 0 Å². The van der Waals surface area contributed by atoms with E-state index in [-0.39, 0.29) is 36.6 Å². The van der Waals surface area contributed by atoms with Gasteiger partial charge in [0.1, 0.15) is 0 Å². The second-order valence-corrected chi connectivity index (χ2v) is 17.7. The molecule has 286 valence electrons. The van der Waals surface area contributed by atoms with E-state index < -0.39 is 57.3 Å². The molecule has 10 nitrogen and oxygen atoms in total. The molecule has 4 bridgehead atoms. The molecule has 6 fully saturated rings. The predicted octanol–water partition coefficient (Wildman–Crippen LogP) is 6.18. The van der Waals surface area contributed by atoms with Crippen LogP contribution < -0.4 is 9.80 Å². The van der Waals surface area contributed by atoms with Crippen LogP contribution in [0.4, 0.5) is 11.4 Å². The van der Waals surface area contributed by atoms with Crippen molar-refractivity contribution in [1.82, 2.24) is 0 Å². The molecule has 0 radical (unpaired) electrons. The second kappa shape index (κ2) is 11.4. The number of rotatable bonds is 9. The summed E-state index contributed by atoms with van der Waals surface area (Å²) in [6.45, 7) is 9.17. The molecular weight excluding hydrogens is 684 g/mol. The van der Waals surface area contributed by atoms with E-state index in [1.165, 1.54) is 0 Å². The van der Waals surface area contributed by atoms with Crippen molar-refractivity contribution in [3.63, 3.8) is 0 Å². The smallest absolute Gasteiger partial charge is 0.348 e. The molecule has 2 spiro atoms. The summed E-state index contributed by atoms with van der Waals surface area (Å²) >= 11 is 0. The minimum absolute atomic E-state index is 0.119. The van der Waals surface area contributed by atoms with Crippen LogP contribution in [-0.2, 0) is 38.1 Å². The minimum atomic E-state index is -1.68. The summed E-state index contributed by atoms with van der Waals surface area (Å²) in [7, 11) is 0. The highest BCUT2D eigenvalue weighted by Crippen LogP contribution is 2.74. The van der Waals surface area contributed by atoms with Crippen LogP contribution >= 0.6 is 0 Å². The molecule has 6 aliphatic heterocycles. The number of nitrogens with zero attached hydrogens (tertiary/aromatic N) is 2. The molecule has 0 unspecified atom stereocenters. The number of carbonyl (C=O) groups excluding carboxylic acids is 4. The first-order chi connectivity index (χ1) is 26.0. The molecule has 10 heteroatoms. The lowest BCUT2D eigenvalue weighted by Crippen LogP contribution is -2.66. The summed E-state index contributed by atoms with van der Waals surface area (Å²) < 4.78 is 25.4. The van der Waals surface area contributed by atoms with Crippen molar-refractivity contribution < 1.29 is 38.1 Å². The third kappa shape index (κ3) is 3.67. The Balaban J connectivity index is 0.979. The molecule has 0 aromatic heterocycles. The highest BCUT2D eigenvalue weighted by molar-refractivity contribution is 6.16. The van der Waals surface area contributed by atoms with Gasteiger partial charge in [-0.15, -0.1) is 0 Å². The summed E-state index contributed by atoms with van der Waals surface area (Å²) in [5.74, 6) is -1.61. The summed E-state index contributed by atoms with van der Waals surface area (Å²) in [6, 6.07) is 15.8. The van der Waals surface area contributed by atoms with Gasteiger partial charge in [0.05, 0.1) is 47.3 Å². The molecule has 0 amide bonds. The highest BCUT2D eigenvalue weighted by atomic mass is 16.6. The zero-order valence-electron chi connectivity index (χ0n) is 32.0. The third-order valence-corrected chi connectivity index (χ3v) is 15.7. The van der Waals surface area contributed by atoms with Gasteiger partial charge >= 0.3 is 11.9 Å². The number of esters is 2. The number of benzene rings is 2. The molecule has 6 heterocycles. The van der Waals surface area contributed by atoms with Crippen molar-refractivity contribution in [3.05, 3.63) is 59.7 Å². The van der Waals surface area contributed by atoms with E-state index in [1.807, 2.05) is 26.0 Å². The number of ketones is 2. The lowest BCUT2D eigenvalue weighted by molar-refractivity contribution is -0.174. The van der Waals surface area contributed by atoms with E-state index in [1.54, 1.807) is 13.8 Å². The molecule has 54 heavy (non-hydrogen) atoms. The quantitative estimate of drug-likeness (QED) is 0.168. The molecule has 10 rings (SSSR count). The third-order valence-electron chi connectivity index (χ3n) is 15.7. The summed E-state index contributed by atoms with van der Waals surface area (Å²) in [4.78, 5) is 62.3. The van der Waals surface area contributed by atoms with Crippen LogP contribution in [0.5, 0.6) is 0 Å². The highest BCUT2D eigenvalue weighted by Gasteiger charge is 2.87. The van der Waals surface area contributed by atoms with Gasteiger partial charge in [0.15, 0.2) is 11.6 Å². The van der Waals surface area contributed by atoms with Gasteiger partial charge < -0.3 is 28.7 Å². The lowest BCUT2D eigenvalue weighted by Gasteiger charge is -2.50. The summed E-state index contributed by atoms with van der Waals surface area (Å²) in [5, 5.41) is 0. The SMILES string of the molecule is CCOC(=O)[C@@]12O[C@]3(CCCC[C@@]3(C)C1=O)[C@@H]1c3ccccc3N(CCCCN3c4ccccc4[C@@H]4[C@H]3[C@@]3(C(=O)OCC)O[C@]45CCCC[C@@]5(C)C3=O)[C@@H]12. The lowest BCUT2D eigenvalue weighted by atomic mass is 9.51. The molecule has 0 N–H and O–H groups in total. The van der Waals surface area contributed by atoms with E-state index in [4.69, 9.17) is 18.9 Å². The van der Waals surface area contributed by atoms with E-state index in [0.717, 1.165) is 73.9 Å². The number of fused-ring (bicyclic) bond motifs is 10. The van der Waals surface area contributed by atoms with Gasteiger partial charge in [-0.05, 0) is 89.5 Å². The molecule has 10 atom stereocenters. The van der Waals surface area contributed by atoms with Gasteiger partial charge in [0.25, 0.3) is 0 Å². The van der Waals surface area contributed by atoms with Crippen molar-refractivity contribution in [2.24, 2.45) is 10.8 Å². The van der Waals surface area contributed by atoms with Crippen LogP contribution in [0, 0.1) is 10.8 Å². The van der Waals surface area contributed by atoms with Crippen molar-refractivity contribution in [1.29, 1.82) is 0 Å². The molecule has 2 saturated carbocycles. The zero-order valence-corrected chi connectivity index (χ0v) is 32.0. The number of para-hydroxylation sites is 2. The van der Waals surface area contributed by atoms with E-state index in [2.05, 4.69) is 46.2 Å². The monoisotopic (exact) mass is 736 g/mol. The van der Waals surface area contributed by atoms with Crippen LogP contribution in [0.1, 0.15) is 115 Å². The maximum Gasteiger partial charge on any atom is 0.348 e. The number of carbonyl (C=O) groups is 4. The van der Waals surface area contributed by atoms with E-state index in [0.29, 0.717) is 25.9 Å². The van der Waals surface area contributed by atoms with Crippen molar-refractivity contribution >= 4 is 34.9 Å². The number of hydrogen-bond donors (Lipinski definition) is 0.